The van der Waals surface area contributed by atoms with Gasteiger partial charge in [-0.05, 0) is 170 Å². The Kier molecular flexibility index (Phi) is 11.3. The number of hydrogen-bond acceptors (Lipinski definition) is 3. The quantitative estimate of drug-likeness (QED) is 0.147. The van der Waals surface area contributed by atoms with E-state index < -0.39 is 0 Å². The highest BCUT2D eigenvalue weighted by molar-refractivity contribution is 7.00. The van der Waals surface area contributed by atoms with Gasteiger partial charge < -0.3 is 14.7 Å². The number of rotatable bonds is 7. The standard InChI is InChI=1S/C68H72BN3/c1-44-22-29-53(30-23-44)71(54-31-24-45(2)25-32-54)56-39-62-64-63(40-56)72(55-21-17-20-50(36-55)65(3,4)5)61-38-52(67(9,10)11)28-33-58(61)69(64)59-34-48-41-68(12,13)42-49(48)35-60(59)70(62)43-47-26-27-51(66(6,7)8)37-57(47)46-18-15-14-16-19-46/h14-40H,41-43H2,1-13H3. The van der Waals surface area contributed by atoms with Crippen LogP contribution in [-0.2, 0) is 35.6 Å². The minimum atomic E-state index is -0.0540. The van der Waals surface area contributed by atoms with Crippen LogP contribution in [0.2, 0.25) is 0 Å². The Morgan fingerprint density at radius 1 is 0.486 bits per heavy atom. The Labute approximate surface area is 431 Å². The Balaban J connectivity index is 1.27. The predicted octanol–water partition coefficient (Wildman–Crippen LogP) is 16.4. The van der Waals surface area contributed by atoms with Gasteiger partial charge in [-0.2, -0.15) is 0 Å². The lowest BCUT2D eigenvalue weighted by Gasteiger charge is -2.46. The van der Waals surface area contributed by atoms with Gasteiger partial charge in [-0.3, -0.25) is 0 Å². The smallest absolute Gasteiger partial charge is 0.252 e. The van der Waals surface area contributed by atoms with Crippen molar-refractivity contribution in [2.24, 2.45) is 5.41 Å². The van der Waals surface area contributed by atoms with Gasteiger partial charge in [0.05, 0.1) is 5.69 Å². The lowest BCUT2D eigenvalue weighted by Crippen LogP contribution is -2.62. The van der Waals surface area contributed by atoms with Crippen LogP contribution >= 0.6 is 0 Å². The summed E-state index contributed by atoms with van der Waals surface area (Å²) < 4.78 is 0. The number of benzene rings is 8. The van der Waals surface area contributed by atoms with E-state index in [1.165, 1.54) is 100 Å². The zero-order chi connectivity index (χ0) is 50.6. The van der Waals surface area contributed by atoms with Crippen LogP contribution in [0.15, 0.2) is 164 Å². The number of aryl methyl sites for hydroxylation is 2. The molecule has 4 heteroatoms. The molecule has 0 saturated carbocycles. The van der Waals surface area contributed by atoms with E-state index in [1.54, 1.807) is 0 Å². The first kappa shape index (κ1) is 47.5. The minimum absolute atomic E-state index is 0.00280. The second kappa shape index (κ2) is 17.2. The van der Waals surface area contributed by atoms with Gasteiger partial charge in [-0.1, -0.05) is 190 Å². The van der Waals surface area contributed by atoms with Crippen molar-refractivity contribution in [3.63, 3.8) is 0 Å². The molecule has 1 aliphatic carbocycles. The summed E-state index contributed by atoms with van der Waals surface area (Å²) in [5, 5.41) is 0. The summed E-state index contributed by atoms with van der Waals surface area (Å²) >= 11 is 0. The van der Waals surface area contributed by atoms with Crippen LogP contribution in [0, 0.1) is 19.3 Å². The van der Waals surface area contributed by atoms with Gasteiger partial charge in [0, 0.05) is 46.4 Å². The lowest BCUT2D eigenvalue weighted by atomic mass is 9.33. The predicted molar refractivity (Wildman–Crippen MR) is 311 cm³/mol. The molecule has 2 heterocycles. The van der Waals surface area contributed by atoms with E-state index in [4.69, 9.17) is 0 Å². The van der Waals surface area contributed by atoms with E-state index >= 15 is 0 Å². The summed E-state index contributed by atoms with van der Waals surface area (Å²) in [4.78, 5) is 7.84. The maximum atomic E-state index is 2.72. The summed E-state index contributed by atoms with van der Waals surface area (Å²) in [5.41, 5.74) is 27.2. The van der Waals surface area contributed by atoms with E-state index in [0.29, 0.717) is 6.54 Å². The maximum Gasteiger partial charge on any atom is 0.252 e. The molecule has 0 saturated heterocycles. The molecule has 362 valence electrons. The Morgan fingerprint density at radius 2 is 1.06 bits per heavy atom. The Bertz CT molecular complexity index is 3330. The average Bonchev–Trinajstić information content (AvgIpc) is 3.65. The van der Waals surface area contributed by atoms with Gasteiger partial charge in [0.1, 0.15) is 0 Å². The van der Waals surface area contributed by atoms with Crippen molar-refractivity contribution in [2.45, 2.75) is 126 Å². The van der Waals surface area contributed by atoms with Crippen LogP contribution in [0.4, 0.5) is 45.5 Å². The molecule has 0 radical (unpaired) electrons. The first-order valence-corrected chi connectivity index (χ1v) is 26.4. The SMILES string of the molecule is Cc1ccc(N(c2ccc(C)cc2)c2cc3c4c(c2)N(c2cccc(C(C)(C)C)c2)c2cc(C(C)(C)C)ccc2B4c2cc4c(cc2N3Cc2ccc(C(C)(C)C)cc2-c2ccccc2)CC(C)(C)C4)cc1. The first-order valence-electron chi connectivity index (χ1n) is 26.4. The molecule has 3 nitrogen and oxygen atoms in total. The van der Waals surface area contributed by atoms with Gasteiger partial charge in [-0.15, -0.1) is 0 Å². The zero-order valence-corrected chi connectivity index (χ0v) is 45.1. The normalized spacial score (nSPS) is 14.7. The van der Waals surface area contributed by atoms with Gasteiger partial charge >= 0.3 is 0 Å². The molecule has 0 unspecified atom stereocenters. The third kappa shape index (κ3) is 8.55. The Hall–Kier alpha value is -6.78. The fourth-order valence-corrected chi connectivity index (χ4v) is 11.8. The molecule has 11 rings (SSSR count). The molecule has 0 bridgehead atoms. The summed E-state index contributed by atoms with van der Waals surface area (Å²) in [7, 11) is 0. The van der Waals surface area contributed by atoms with Crippen LogP contribution in [0.1, 0.15) is 121 Å². The number of fused-ring (bicyclic) bond motifs is 5. The van der Waals surface area contributed by atoms with E-state index in [2.05, 4.69) is 269 Å². The molecule has 0 atom stereocenters. The zero-order valence-electron chi connectivity index (χ0n) is 45.1. The van der Waals surface area contributed by atoms with E-state index in [-0.39, 0.29) is 28.4 Å². The van der Waals surface area contributed by atoms with Gasteiger partial charge in [0.25, 0.3) is 6.71 Å². The maximum absolute atomic E-state index is 2.72. The highest BCUT2D eigenvalue weighted by atomic mass is 15.2. The second-order valence-electron chi connectivity index (χ2n) is 25.3. The van der Waals surface area contributed by atoms with Crippen molar-refractivity contribution in [1.82, 2.24) is 0 Å². The number of hydrogen-bond donors (Lipinski definition) is 0. The molecule has 0 aromatic heterocycles. The van der Waals surface area contributed by atoms with Crippen LogP contribution in [-0.4, -0.2) is 6.71 Å². The molecule has 72 heavy (non-hydrogen) atoms. The molecular weight excluding hydrogens is 870 g/mol. The van der Waals surface area contributed by atoms with E-state index in [0.717, 1.165) is 29.9 Å². The summed E-state index contributed by atoms with van der Waals surface area (Å²) in [5.74, 6) is 0. The van der Waals surface area contributed by atoms with Crippen molar-refractivity contribution in [2.75, 3.05) is 14.7 Å². The van der Waals surface area contributed by atoms with Crippen molar-refractivity contribution >= 4 is 68.6 Å². The van der Waals surface area contributed by atoms with Crippen LogP contribution < -0.4 is 31.1 Å². The van der Waals surface area contributed by atoms with Crippen LogP contribution in [0.3, 0.4) is 0 Å². The van der Waals surface area contributed by atoms with Gasteiger partial charge in [0.15, 0.2) is 0 Å². The number of anilines is 8. The van der Waals surface area contributed by atoms with E-state index in [9.17, 15) is 0 Å². The summed E-state index contributed by atoms with van der Waals surface area (Å²) in [6.07, 6.45) is 2.15. The molecule has 2 aliphatic heterocycles. The van der Waals surface area contributed by atoms with Crippen molar-refractivity contribution in [1.29, 1.82) is 0 Å². The van der Waals surface area contributed by atoms with Gasteiger partial charge in [-0.25, -0.2) is 0 Å². The van der Waals surface area contributed by atoms with Crippen molar-refractivity contribution < 1.29 is 0 Å². The number of nitrogens with zero attached hydrogens (tertiary/aromatic N) is 3. The molecule has 8 aromatic carbocycles. The monoisotopic (exact) mass is 942 g/mol. The van der Waals surface area contributed by atoms with Gasteiger partial charge in [0.2, 0.25) is 0 Å². The van der Waals surface area contributed by atoms with Crippen LogP contribution in [0.5, 0.6) is 0 Å². The summed E-state index contributed by atoms with van der Waals surface area (Å²) in [6, 6.07) is 63.7. The average molecular weight is 942 g/mol. The molecule has 8 aromatic rings. The lowest BCUT2D eigenvalue weighted by molar-refractivity contribution is 0.392. The molecule has 0 N–H and O–H groups in total. The molecule has 0 amide bonds. The second-order valence-corrected chi connectivity index (χ2v) is 25.3. The highest BCUT2D eigenvalue weighted by Crippen LogP contribution is 2.49. The fourth-order valence-electron chi connectivity index (χ4n) is 11.8. The van der Waals surface area contributed by atoms with Crippen molar-refractivity contribution in [3.8, 4) is 11.1 Å². The Morgan fingerprint density at radius 3 is 1.68 bits per heavy atom. The molecular formula is C68H72BN3. The summed E-state index contributed by atoms with van der Waals surface area (Å²) in [6.45, 7) is 31.0. The molecule has 0 spiro atoms. The first-order chi connectivity index (χ1) is 34.1. The molecule has 3 aliphatic rings. The fraction of sp³-hybridized carbons (Fsp3) is 0.294. The molecule has 0 fully saturated rings. The third-order valence-corrected chi connectivity index (χ3v) is 15.9. The third-order valence-electron chi connectivity index (χ3n) is 15.9. The largest absolute Gasteiger partial charge is 0.338 e. The highest BCUT2D eigenvalue weighted by Gasteiger charge is 2.45. The minimum Gasteiger partial charge on any atom is -0.338 e. The van der Waals surface area contributed by atoms with Crippen molar-refractivity contribution in [3.05, 3.63) is 208 Å². The van der Waals surface area contributed by atoms with Crippen LogP contribution in [0.25, 0.3) is 11.1 Å². The van der Waals surface area contributed by atoms with E-state index in [1.807, 2.05) is 0 Å². The topological polar surface area (TPSA) is 9.72 Å².